The van der Waals surface area contributed by atoms with Gasteiger partial charge in [-0.15, -0.1) is 0 Å². The van der Waals surface area contributed by atoms with Crippen molar-refractivity contribution in [2.24, 2.45) is 16.8 Å². The van der Waals surface area contributed by atoms with Crippen LogP contribution in [0.4, 0.5) is 0 Å². The Morgan fingerprint density at radius 2 is 2.53 bits per heavy atom. The van der Waals surface area contributed by atoms with Crippen LogP contribution in [0.5, 0.6) is 0 Å². The van der Waals surface area contributed by atoms with Crippen LogP contribution in [0, 0.1) is 5.92 Å². The number of nitrogens with one attached hydrogen (secondary N) is 1. The summed E-state index contributed by atoms with van der Waals surface area (Å²) in [5, 5.41) is 6.54. The van der Waals surface area contributed by atoms with Gasteiger partial charge in [0, 0.05) is 24.0 Å². The molecule has 1 rings (SSSR count). The molecule has 0 aromatic rings. The molecule has 7 nitrogen and oxygen atoms in total. The topological polar surface area (TPSA) is 113 Å². The number of nitrogens with zero attached hydrogens (tertiary/aromatic N) is 3. The summed E-state index contributed by atoms with van der Waals surface area (Å²) in [6.45, 7) is 2.38. The summed E-state index contributed by atoms with van der Waals surface area (Å²) in [6.07, 6.45) is 2.62. The van der Waals surface area contributed by atoms with E-state index in [1.54, 1.807) is 0 Å². The van der Waals surface area contributed by atoms with E-state index in [1.807, 2.05) is 0 Å². The van der Waals surface area contributed by atoms with E-state index in [-0.39, 0.29) is 17.9 Å². The second-order valence-electron chi connectivity index (χ2n) is 4.12. The van der Waals surface area contributed by atoms with Crippen molar-refractivity contribution in [1.82, 2.24) is 5.32 Å². The van der Waals surface area contributed by atoms with E-state index in [0.717, 1.165) is 19.4 Å². The minimum Gasteiger partial charge on any atom is -0.381 e. The van der Waals surface area contributed by atoms with Crippen LogP contribution < -0.4 is 11.1 Å². The molecule has 0 aromatic carbocycles. The molecule has 0 radical (unpaired) electrons. The number of carbonyl (C=O) groups excluding carboxylic acids is 1. The lowest BCUT2D eigenvalue weighted by molar-refractivity contribution is -0.122. The molecule has 0 aromatic heterocycles. The fourth-order valence-corrected chi connectivity index (χ4v) is 1.98. The highest BCUT2D eigenvalue weighted by Gasteiger charge is 2.27. The molecular formula is C10H19N5O2. The largest absolute Gasteiger partial charge is 0.381 e. The van der Waals surface area contributed by atoms with Gasteiger partial charge in [0.2, 0.25) is 5.91 Å². The number of amides is 1. The number of carbonyl (C=O) groups is 1. The number of hydrogen-bond donors (Lipinski definition) is 2. The molecule has 1 heterocycles. The van der Waals surface area contributed by atoms with Crippen LogP contribution in [0.3, 0.4) is 0 Å². The third kappa shape index (κ3) is 5.04. The molecule has 1 saturated heterocycles. The Labute approximate surface area is 100 Å². The molecule has 1 aliphatic heterocycles. The third-order valence-electron chi connectivity index (χ3n) is 2.84. The Morgan fingerprint density at radius 3 is 3.12 bits per heavy atom. The van der Waals surface area contributed by atoms with Gasteiger partial charge in [-0.2, -0.15) is 0 Å². The van der Waals surface area contributed by atoms with Crippen molar-refractivity contribution >= 4 is 5.91 Å². The Morgan fingerprint density at radius 1 is 1.71 bits per heavy atom. The summed E-state index contributed by atoms with van der Waals surface area (Å²) in [7, 11) is 0. The van der Waals surface area contributed by atoms with E-state index in [1.165, 1.54) is 0 Å². The molecule has 0 bridgehead atoms. The van der Waals surface area contributed by atoms with Gasteiger partial charge in [0.15, 0.2) is 0 Å². The van der Waals surface area contributed by atoms with Gasteiger partial charge in [-0.05, 0) is 31.3 Å². The Hall–Kier alpha value is -1.30. The Kier molecular flexibility index (Phi) is 6.39. The lowest BCUT2D eigenvalue weighted by atomic mass is 9.93. The first-order valence-electron chi connectivity index (χ1n) is 5.87. The monoisotopic (exact) mass is 241 g/mol. The minimum atomic E-state index is -0.346. The van der Waals surface area contributed by atoms with Crippen molar-refractivity contribution < 1.29 is 9.53 Å². The lowest BCUT2D eigenvalue weighted by Gasteiger charge is -2.28. The summed E-state index contributed by atoms with van der Waals surface area (Å²) >= 11 is 0. The van der Waals surface area contributed by atoms with Crippen LogP contribution in [0.25, 0.3) is 10.4 Å². The zero-order valence-corrected chi connectivity index (χ0v) is 9.84. The fourth-order valence-electron chi connectivity index (χ4n) is 1.98. The maximum Gasteiger partial charge on any atom is 0.234 e. The molecule has 0 aliphatic carbocycles. The van der Waals surface area contributed by atoms with E-state index < -0.39 is 0 Å². The molecule has 1 amide bonds. The zero-order valence-electron chi connectivity index (χ0n) is 9.84. The van der Waals surface area contributed by atoms with E-state index >= 15 is 0 Å². The van der Waals surface area contributed by atoms with Gasteiger partial charge >= 0.3 is 0 Å². The fraction of sp³-hybridized carbons (Fsp3) is 0.900. The first-order valence-corrected chi connectivity index (χ1v) is 5.87. The molecule has 0 saturated carbocycles. The van der Waals surface area contributed by atoms with Gasteiger partial charge in [-0.1, -0.05) is 5.11 Å². The van der Waals surface area contributed by atoms with Gasteiger partial charge in [0.25, 0.3) is 0 Å². The molecule has 7 heteroatoms. The smallest absolute Gasteiger partial charge is 0.234 e. The van der Waals surface area contributed by atoms with E-state index in [2.05, 4.69) is 15.3 Å². The van der Waals surface area contributed by atoms with Gasteiger partial charge in [0.05, 0.1) is 12.6 Å². The normalized spacial score (nSPS) is 21.5. The minimum absolute atomic E-state index is 0.153. The summed E-state index contributed by atoms with van der Waals surface area (Å²) in [4.78, 5) is 14.0. The highest BCUT2D eigenvalue weighted by atomic mass is 16.5. The Bertz CT molecular complexity index is 284. The van der Waals surface area contributed by atoms with Crippen molar-refractivity contribution in [3.63, 3.8) is 0 Å². The third-order valence-corrected chi connectivity index (χ3v) is 2.84. The van der Waals surface area contributed by atoms with Crippen molar-refractivity contribution in [2.75, 3.05) is 26.3 Å². The first-order chi connectivity index (χ1) is 8.25. The van der Waals surface area contributed by atoms with Crippen LogP contribution in [0.1, 0.15) is 19.3 Å². The average molecular weight is 241 g/mol. The molecule has 17 heavy (non-hydrogen) atoms. The number of ether oxygens (including phenoxy) is 1. The SMILES string of the molecule is [N-]=[N+]=NCCCNC(C(N)=O)C1CCCOC1. The van der Waals surface area contributed by atoms with Crippen LogP contribution in [0.15, 0.2) is 5.11 Å². The summed E-state index contributed by atoms with van der Waals surface area (Å²) in [5.74, 6) is -0.190. The van der Waals surface area contributed by atoms with E-state index in [4.69, 9.17) is 16.0 Å². The quantitative estimate of drug-likeness (QED) is 0.294. The van der Waals surface area contributed by atoms with Crippen LogP contribution in [-0.4, -0.2) is 38.3 Å². The van der Waals surface area contributed by atoms with Gasteiger partial charge in [0.1, 0.15) is 0 Å². The summed E-state index contributed by atoms with van der Waals surface area (Å²) in [5.41, 5.74) is 13.5. The summed E-state index contributed by atoms with van der Waals surface area (Å²) < 4.78 is 5.34. The molecule has 2 atom stereocenters. The molecule has 1 fully saturated rings. The van der Waals surface area contributed by atoms with Crippen molar-refractivity contribution in [1.29, 1.82) is 0 Å². The molecular weight excluding hydrogens is 222 g/mol. The molecule has 2 unspecified atom stereocenters. The number of hydrogen-bond acceptors (Lipinski definition) is 4. The van der Waals surface area contributed by atoms with Gasteiger partial charge < -0.3 is 15.8 Å². The first kappa shape index (κ1) is 13.8. The van der Waals surface area contributed by atoms with Crippen molar-refractivity contribution in [2.45, 2.75) is 25.3 Å². The van der Waals surface area contributed by atoms with Crippen molar-refractivity contribution in [3.05, 3.63) is 10.4 Å². The average Bonchev–Trinajstić information content (AvgIpc) is 2.34. The van der Waals surface area contributed by atoms with Gasteiger partial charge in [-0.3, -0.25) is 4.79 Å². The molecule has 0 spiro atoms. The van der Waals surface area contributed by atoms with Crippen molar-refractivity contribution in [3.8, 4) is 0 Å². The highest BCUT2D eigenvalue weighted by molar-refractivity contribution is 5.80. The second kappa shape index (κ2) is 7.89. The maximum absolute atomic E-state index is 11.3. The number of nitrogens with two attached hydrogens (primary N) is 1. The number of primary amides is 1. The van der Waals surface area contributed by atoms with Crippen LogP contribution >= 0.6 is 0 Å². The standard InChI is InChI=1S/C10H19N5O2/c11-10(16)9(8-3-1-6-17-7-8)13-4-2-5-14-15-12/h8-9,13H,1-7H2,(H2,11,16). The van der Waals surface area contributed by atoms with Crippen LogP contribution in [-0.2, 0) is 9.53 Å². The van der Waals surface area contributed by atoms with E-state index in [0.29, 0.717) is 26.1 Å². The molecule has 3 N–H and O–H groups in total. The zero-order chi connectivity index (χ0) is 12.5. The highest BCUT2D eigenvalue weighted by Crippen LogP contribution is 2.17. The van der Waals surface area contributed by atoms with Crippen LogP contribution in [0.2, 0.25) is 0 Å². The predicted octanol–water partition coefficient (Wildman–Crippen LogP) is 0.557. The molecule has 96 valence electrons. The lowest BCUT2D eigenvalue weighted by Crippen LogP contribution is -2.49. The van der Waals surface area contributed by atoms with E-state index in [9.17, 15) is 4.79 Å². The molecule has 1 aliphatic rings. The second-order valence-corrected chi connectivity index (χ2v) is 4.12. The predicted molar refractivity (Wildman–Crippen MR) is 63.2 cm³/mol. The number of azide groups is 1. The summed E-state index contributed by atoms with van der Waals surface area (Å²) in [6, 6.07) is -0.346. The van der Waals surface area contributed by atoms with Gasteiger partial charge in [-0.25, -0.2) is 0 Å². The number of rotatable bonds is 7. The Balaban J connectivity index is 2.32. The maximum atomic E-state index is 11.3.